The van der Waals surface area contributed by atoms with E-state index in [0.29, 0.717) is 0 Å². The molecule has 31 heavy (non-hydrogen) atoms. The highest BCUT2D eigenvalue weighted by Crippen LogP contribution is 2.14. The minimum absolute atomic E-state index is 0. The molecule has 1 fully saturated rings. The standard InChI is InChI=1S/C26H54NO3.ClH/c1-3-5-7-8-9-10-11-12-13-14-15-16-17-18-22-30-26-27(19-23-28-24-20-27)25-29-21-6-4-2;/h3-26H2,1-2H3;1H/q+1;/p-1. The lowest BCUT2D eigenvalue weighted by Crippen LogP contribution is -3.00. The van der Waals surface area contributed by atoms with E-state index in [4.69, 9.17) is 14.2 Å². The Morgan fingerprint density at radius 2 is 0.935 bits per heavy atom. The minimum atomic E-state index is 0. The number of hydrogen-bond acceptors (Lipinski definition) is 3. The summed E-state index contributed by atoms with van der Waals surface area (Å²) in [6.07, 6.45) is 22.0. The number of rotatable bonds is 22. The lowest BCUT2D eigenvalue weighted by atomic mass is 10.0. The van der Waals surface area contributed by atoms with Gasteiger partial charge in [0.15, 0.2) is 13.5 Å². The van der Waals surface area contributed by atoms with Gasteiger partial charge >= 0.3 is 0 Å². The average Bonchev–Trinajstić information content (AvgIpc) is 2.77. The van der Waals surface area contributed by atoms with Gasteiger partial charge < -0.3 is 26.6 Å². The maximum Gasteiger partial charge on any atom is 0.185 e. The zero-order chi connectivity index (χ0) is 21.6. The molecule has 5 heteroatoms. The van der Waals surface area contributed by atoms with Crippen molar-refractivity contribution in [3.63, 3.8) is 0 Å². The zero-order valence-corrected chi connectivity index (χ0v) is 21.8. The Labute approximate surface area is 200 Å². The summed E-state index contributed by atoms with van der Waals surface area (Å²) in [6, 6.07) is 0. The molecule has 0 atom stereocenters. The normalized spacial score (nSPS) is 15.7. The molecule has 0 radical (unpaired) electrons. The van der Waals surface area contributed by atoms with Crippen LogP contribution in [0.3, 0.4) is 0 Å². The van der Waals surface area contributed by atoms with E-state index in [1.807, 2.05) is 0 Å². The third-order valence-corrected chi connectivity index (χ3v) is 6.43. The number of morpholine rings is 1. The summed E-state index contributed by atoms with van der Waals surface area (Å²) in [5.41, 5.74) is 0. The minimum Gasteiger partial charge on any atom is -1.00 e. The van der Waals surface area contributed by atoms with Crippen LogP contribution in [0.2, 0.25) is 0 Å². The Balaban J connectivity index is 0.00000900. The van der Waals surface area contributed by atoms with Crippen LogP contribution in [0.25, 0.3) is 0 Å². The van der Waals surface area contributed by atoms with Gasteiger partial charge in [0.05, 0.1) is 26.4 Å². The van der Waals surface area contributed by atoms with Crippen LogP contribution in [0, 0.1) is 0 Å². The molecule has 1 heterocycles. The molecule has 0 aromatic carbocycles. The third kappa shape index (κ3) is 18.3. The molecule has 0 amide bonds. The fraction of sp³-hybridized carbons (Fsp3) is 1.00. The van der Waals surface area contributed by atoms with Gasteiger partial charge in [-0.1, -0.05) is 104 Å². The lowest BCUT2D eigenvalue weighted by molar-refractivity contribution is -0.968. The summed E-state index contributed by atoms with van der Waals surface area (Å²) in [6.45, 7) is 11.5. The summed E-state index contributed by atoms with van der Waals surface area (Å²) < 4.78 is 18.5. The molecule has 0 saturated carbocycles. The second-order valence-electron chi connectivity index (χ2n) is 9.43. The predicted octanol–water partition coefficient (Wildman–Crippen LogP) is 4.07. The van der Waals surface area contributed by atoms with Crippen molar-refractivity contribution >= 4 is 0 Å². The third-order valence-electron chi connectivity index (χ3n) is 6.43. The zero-order valence-electron chi connectivity index (χ0n) is 21.0. The van der Waals surface area contributed by atoms with Crippen LogP contribution in [0.15, 0.2) is 0 Å². The number of unbranched alkanes of at least 4 members (excludes halogenated alkanes) is 14. The Morgan fingerprint density at radius 3 is 1.39 bits per heavy atom. The van der Waals surface area contributed by atoms with E-state index in [1.165, 1.54) is 96.3 Å². The van der Waals surface area contributed by atoms with Crippen LogP contribution in [0.1, 0.15) is 117 Å². The van der Waals surface area contributed by atoms with Crippen molar-refractivity contribution in [2.24, 2.45) is 0 Å². The van der Waals surface area contributed by atoms with E-state index in [-0.39, 0.29) is 12.4 Å². The van der Waals surface area contributed by atoms with E-state index in [2.05, 4.69) is 13.8 Å². The molecule has 0 spiro atoms. The summed E-state index contributed by atoms with van der Waals surface area (Å²) in [7, 11) is 0. The van der Waals surface area contributed by atoms with E-state index in [1.54, 1.807) is 0 Å². The molecule has 0 unspecified atom stereocenters. The van der Waals surface area contributed by atoms with Crippen LogP contribution < -0.4 is 12.4 Å². The number of hydrogen-bond donors (Lipinski definition) is 0. The molecule has 188 valence electrons. The van der Waals surface area contributed by atoms with Gasteiger partial charge in [-0.05, 0) is 12.8 Å². The monoisotopic (exact) mass is 463 g/mol. The Morgan fingerprint density at radius 1 is 0.548 bits per heavy atom. The first kappa shape index (κ1) is 31.1. The highest BCUT2D eigenvalue weighted by atomic mass is 35.5. The molecule has 0 aromatic heterocycles. The van der Waals surface area contributed by atoms with Crippen molar-refractivity contribution in [1.82, 2.24) is 0 Å². The van der Waals surface area contributed by atoms with Crippen molar-refractivity contribution in [2.45, 2.75) is 117 Å². The van der Waals surface area contributed by atoms with Gasteiger partial charge in [-0.15, -0.1) is 0 Å². The van der Waals surface area contributed by atoms with E-state index in [9.17, 15) is 0 Å². The van der Waals surface area contributed by atoms with Crippen LogP contribution in [0.4, 0.5) is 0 Å². The molecule has 0 aliphatic carbocycles. The fourth-order valence-corrected chi connectivity index (χ4v) is 4.19. The van der Waals surface area contributed by atoms with Gasteiger partial charge in [-0.25, -0.2) is 0 Å². The molecule has 4 nitrogen and oxygen atoms in total. The molecule has 0 N–H and O–H groups in total. The molecule has 0 aromatic rings. The maximum atomic E-state index is 6.08. The second-order valence-corrected chi connectivity index (χ2v) is 9.43. The number of nitrogens with zero attached hydrogens (tertiary/aromatic N) is 1. The maximum absolute atomic E-state index is 6.08. The summed E-state index contributed by atoms with van der Waals surface area (Å²) in [5.74, 6) is 0. The van der Waals surface area contributed by atoms with Crippen LogP contribution >= 0.6 is 0 Å². The van der Waals surface area contributed by atoms with Crippen LogP contribution in [0.5, 0.6) is 0 Å². The first-order chi connectivity index (χ1) is 14.8. The largest absolute Gasteiger partial charge is 1.00 e. The van der Waals surface area contributed by atoms with Gasteiger partial charge in [-0.2, -0.15) is 0 Å². The second kappa shape index (κ2) is 23.3. The molecule has 1 aliphatic rings. The highest BCUT2D eigenvalue weighted by Gasteiger charge is 2.30. The Bertz CT molecular complexity index is 352. The van der Waals surface area contributed by atoms with E-state index >= 15 is 0 Å². The molecule has 1 rings (SSSR count). The Hall–Kier alpha value is 0.130. The first-order valence-corrected chi connectivity index (χ1v) is 13.4. The fourth-order valence-electron chi connectivity index (χ4n) is 4.19. The van der Waals surface area contributed by atoms with Gasteiger partial charge in [0, 0.05) is 0 Å². The quantitative estimate of drug-likeness (QED) is 0.179. The topological polar surface area (TPSA) is 27.7 Å². The molecule has 0 bridgehead atoms. The number of halogens is 1. The number of ether oxygens (including phenoxy) is 3. The van der Waals surface area contributed by atoms with E-state index in [0.717, 1.165) is 63.9 Å². The van der Waals surface area contributed by atoms with Crippen molar-refractivity contribution in [3.05, 3.63) is 0 Å². The number of quaternary nitrogens is 1. The molecular formula is C26H54ClNO3. The SMILES string of the molecule is CCCCCCCCCCCCCCCCOC[N+]1(COCCCC)CCOCC1.[Cl-]. The van der Waals surface area contributed by atoms with Crippen molar-refractivity contribution in [2.75, 3.05) is 53.0 Å². The van der Waals surface area contributed by atoms with Crippen molar-refractivity contribution in [3.8, 4) is 0 Å². The van der Waals surface area contributed by atoms with Gasteiger partial charge in [-0.3, -0.25) is 4.48 Å². The van der Waals surface area contributed by atoms with Gasteiger partial charge in [0.25, 0.3) is 0 Å². The predicted molar refractivity (Wildman–Crippen MR) is 128 cm³/mol. The highest BCUT2D eigenvalue weighted by molar-refractivity contribution is 4.50. The van der Waals surface area contributed by atoms with Crippen LogP contribution in [-0.2, 0) is 14.2 Å². The summed E-state index contributed by atoms with van der Waals surface area (Å²) >= 11 is 0. The molecule has 1 aliphatic heterocycles. The average molecular weight is 464 g/mol. The first-order valence-electron chi connectivity index (χ1n) is 13.4. The van der Waals surface area contributed by atoms with Gasteiger partial charge in [0.2, 0.25) is 0 Å². The Kier molecular flexibility index (Phi) is 23.4. The van der Waals surface area contributed by atoms with Crippen molar-refractivity contribution < 1.29 is 31.1 Å². The van der Waals surface area contributed by atoms with Gasteiger partial charge in [0.1, 0.15) is 13.1 Å². The lowest BCUT2D eigenvalue weighted by Gasteiger charge is -2.40. The van der Waals surface area contributed by atoms with Crippen molar-refractivity contribution in [1.29, 1.82) is 0 Å². The van der Waals surface area contributed by atoms with E-state index < -0.39 is 0 Å². The molecular weight excluding hydrogens is 410 g/mol. The van der Waals surface area contributed by atoms with Crippen LogP contribution in [-0.4, -0.2) is 57.5 Å². The summed E-state index contributed by atoms with van der Waals surface area (Å²) in [4.78, 5) is 0. The summed E-state index contributed by atoms with van der Waals surface area (Å²) in [5, 5.41) is 0. The molecule has 1 saturated heterocycles. The smallest absolute Gasteiger partial charge is 0.185 e.